The molecule has 0 saturated carbocycles. The number of amides is 1. The fourth-order valence-corrected chi connectivity index (χ4v) is 2.90. The third-order valence-corrected chi connectivity index (χ3v) is 4.51. The second-order valence-electron chi connectivity index (χ2n) is 6.80. The normalized spacial score (nSPS) is 15.1. The molecule has 0 spiro atoms. The molecule has 140 valence electrons. The Hall–Kier alpha value is -2.18. The van der Waals surface area contributed by atoms with Gasteiger partial charge in [-0.3, -0.25) is 4.79 Å². The van der Waals surface area contributed by atoms with Gasteiger partial charge in [0.15, 0.2) is 5.76 Å². The van der Waals surface area contributed by atoms with Gasteiger partial charge >= 0.3 is 0 Å². The Labute approximate surface area is 153 Å². The van der Waals surface area contributed by atoms with E-state index in [1.807, 2.05) is 12.1 Å². The molecule has 1 aromatic carbocycles. The van der Waals surface area contributed by atoms with Crippen molar-refractivity contribution in [1.82, 2.24) is 10.5 Å². The van der Waals surface area contributed by atoms with Gasteiger partial charge in [-0.05, 0) is 31.2 Å². The van der Waals surface area contributed by atoms with E-state index in [0.717, 1.165) is 31.6 Å². The number of hydrogen-bond donors (Lipinski definition) is 1. The Morgan fingerprint density at radius 1 is 1.23 bits per heavy atom. The van der Waals surface area contributed by atoms with Crippen molar-refractivity contribution in [3.8, 4) is 0 Å². The van der Waals surface area contributed by atoms with Crippen molar-refractivity contribution >= 4 is 5.91 Å². The molecule has 26 heavy (non-hydrogen) atoms. The summed E-state index contributed by atoms with van der Waals surface area (Å²) in [4.78, 5) is 12.0. The molecule has 1 N–H and O–H groups in total. The van der Waals surface area contributed by atoms with Crippen LogP contribution >= 0.6 is 0 Å². The topological polar surface area (TPSA) is 73.6 Å². The SMILES string of the molecule is Cc1ccc(COCc2cc(CC(=O)NCC3CCOCC3)no2)cc1. The zero-order chi connectivity index (χ0) is 18.2. The molecule has 0 bridgehead atoms. The molecule has 0 radical (unpaired) electrons. The summed E-state index contributed by atoms with van der Waals surface area (Å²) in [5, 5.41) is 6.92. The van der Waals surface area contributed by atoms with Crippen LogP contribution in [0, 0.1) is 12.8 Å². The number of aryl methyl sites for hydroxylation is 1. The fourth-order valence-electron chi connectivity index (χ4n) is 2.90. The molecule has 0 atom stereocenters. The molecule has 3 rings (SSSR count). The van der Waals surface area contributed by atoms with Crippen LogP contribution in [-0.2, 0) is 33.9 Å². The first-order valence-corrected chi connectivity index (χ1v) is 9.11. The molecule has 1 aliphatic rings. The van der Waals surface area contributed by atoms with E-state index >= 15 is 0 Å². The van der Waals surface area contributed by atoms with Crippen LogP contribution in [0.5, 0.6) is 0 Å². The van der Waals surface area contributed by atoms with Gasteiger partial charge in [0.05, 0.1) is 18.7 Å². The summed E-state index contributed by atoms with van der Waals surface area (Å²) in [6, 6.07) is 9.99. The van der Waals surface area contributed by atoms with Gasteiger partial charge in [0, 0.05) is 25.8 Å². The first-order chi connectivity index (χ1) is 12.7. The summed E-state index contributed by atoms with van der Waals surface area (Å²) in [6.07, 6.45) is 2.24. The minimum Gasteiger partial charge on any atom is -0.381 e. The number of aromatic nitrogens is 1. The third kappa shape index (κ3) is 5.97. The van der Waals surface area contributed by atoms with Crippen molar-refractivity contribution in [3.63, 3.8) is 0 Å². The van der Waals surface area contributed by atoms with E-state index in [4.69, 9.17) is 14.0 Å². The van der Waals surface area contributed by atoms with Gasteiger partial charge < -0.3 is 19.3 Å². The maximum Gasteiger partial charge on any atom is 0.226 e. The number of hydrogen-bond acceptors (Lipinski definition) is 5. The van der Waals surface area contributed by atoms with Crippen molar-refractivity contribution in [3.05, 3.63) is 52.9 Å². The van der Waals surface area contributed by atoms with E-state index in [9.17, 15) is 4.79 Å². The van der Waals surface area contributed by atoms with Crippen LogP contribution in [0.1, 0.15) is 35.4 Å². The number of benzene rings is 1. The number of carbonyl (C=O) groups excluding carboxylic acids is 1. The van der Waals surface area contributed by atoms with Crippen molar-refractivity contribution in [1.29, 1.82) is 0 Å². The number of nitrogens with one attached hydrogen (secondary N) is 1. The van der Waals surface area contributed by atoms with Crippen LogP contribution in [0.3, 0.4) is 0 Å². The highest BCUT2D eigenvalue weighted by Crippen LogP contribution is 2.13. The lowest BCUT2D eigenvalue weighted by Gasteiger charge is -2.21. The highest BCUT2D eigenvalue weighted by Gasteiger charge is 2.15. The van der Waals surface area contributed by atoms with Crippen LogP contribution in [0.25, 0.3) is 0 Å². The molecule has 2 heterocycles. The van der Waals surface area contributed by atoms with Gasteiger partial charge in [-0.2, -0.15) is 0 Å². The first kappa shape index (κ1) is 18.6. The monoisotopic (exact) mass is 358 g/mol. The highest BCUT2D eigenvalue weighted by molar-refractivity contribution is 5.78. The average Bonchev–Trinajstić information content (AvgIpc) is 3.10. The zero-order valence-corrected chi connectivity index (χ0v) is 15.2. The first-order valence-electron chi connectivity index (χ1n) is 9.11. The zero-order valence-electron chi connectivity index (χ0n) is 15.2. The average molecular weight is 358 g/mol. The largest absolute Gasteiger partial charge is 0.381 e. The number of ether oxygens (including phenoxy) is 2. The third-order valence-electron chi connectivity index (χ3n) is 4.51. The molecule has 0 aliphatic carbocycles. The van der Waals surface area contributed by atoms with Gasteiger partial charge in [-0.25, -0.2) is 0 Å². The number of nitrogens with zero attached hydrogens (tertiary/aromatic N) is 1. The second kappa shape index (κ2) is 9.50. The van der Waals surface area contributed by atoms with E-state index < -0.39 is 0 Å². The van der Waals surface area contributed by atoms with Gasteiger partial charge in [0.2, 0.25) is 5.91 Å². The van der Waals surface area contributed by atoms with Gasteiger partial charge in [0.1, 0.15) is 6.61 Å². The van der Waals surface area contributed by atoms with Gasteiger partial charge in [0.25, 0.3) is 0 Å². The second-order valence-corrected chi connectivity index (χ2v) is 6.80. The molecular weight excluding hydrogens is 332 g/mol. The van der Waals surface area contributed by atoms with Crippen molar-refractivity contribution < 1.29 is 18.8 Å². The lowest BCUT2D eigenvalue weighted by molar-refractivity contribution is -0.120. The Morgan fingerprint density at radius 3 is 2.77 bits per heavy atom. The lowest BCUT2D eigenvalue weighted by atomic mass is 10.0. The van der Waals surface area contributed by atoms with Crippen LogP contribution < -0.4 is 5.32 Å². The van der Waals surface area contributed by atoms with E-state index in [0.29, 0.717) is 37.1 Å². The molecule has 6 heteroatoms. The van der Waals surface area contributed by atoms with Gasteiger partial charge in [-0.1, -0.05) is 35.0 Å². The van der Waals surface area contributed by atoms with Gasteiger partial charge in [-0.15, -0.1) is 0 Å². The molecule has 1 aliphatic heterocycles. The Kier molecular flexibility index (Phi) is 6.80. The maximum absolute atomic E-state index is 12.0. The quantitative estimate of drug-likeness (QED) is 0.785. The maximum atomic E-state index is 12.0. The molecule has 6 nitrogen and oxygen atoms in total. The minimum atomic E-state index is -0.0306. The molecule has 2 aromatic rings. The Morgan fingerprint density at radius 2 is 2.00 bits per heavy atom. The summed E-state index contributed by atoms with van der Waals surface area (Å²) in [6.45, 7) is 5.19. The lowest BCUT2D eigenvalue weighted by Crippen LogP contribution is -2.33. The molecule has 1 aromatic heterocycles. The Bertz CT molecular complexity index is 690. The van der Waals surface area contributed by atoms with Crippen molar-refractivity contribution in [2.24, 2.45) is 5.92 Å². The molecule has 1 fully saturated rings. The van der Waals surface area contributed by atoms with Crippen LogP contribution in [-0.4, -0.2) is 30.8 Å². The van der Waals surface area contributed by atoms with E-state index in [2.05, 4.69) is 29.5 Å². The Balaban J connectivity index is 1.36. The fraction of sp³-hybridized carbons (Fsp3) is 0.500. The van der Waals surface area contributed by atoms with E-state index in [1.165, 1.54) is 5.56 Å². The molecule has 0 unspecified atom stereocenters. The summed E-state index contributed by atoms with van der Waals surface area (Å²) < 4.78 is 16.2. The summed E-state index contributed by atoms with van der Waals surface area (Å²) in [5.74, 6) is 1.11. The van der Waals surface area contributed by atoms with E-state index in [1.54, 1.807) is 6.07 Å². The molecular formula is C20H26N2O4. The standard InChI is InChI=1S/C20H26N2O4/c1-15-2-4-17(5-3-15)13-25-14-19-10-18(22-26-19)11-20(23)21-12-16-6-8-24-9-7-16/h2-5,10,16H,6-9,11-14H2,1H3,(H,21,23). The van der Waals surface area contributed by atoms with Crippen molar-refractivity contribution in [2.75, 3.05) is 19.8 Å². The van der Waals surface area contributed by atoms with E-state index in [-0.39, 0.29) is 12.3 Å². The highest BCUT2D eigenvalue weighted by atomic mass is 16.5. The van der Waals surface area contributed by atoms with Crippen LogP contribution in [0.2, 0.25) is 0 Å². The summed E-state index contributed by atoms with van der Waals surface area (Å²) in [7, 11) is 0. The molecule has 1 amide bonds. The minimum absolute atomic E-state index is 0.0306. The summed E-state index contributed by atoms with van der Waals surface area (Å²) in [5.41, 5.74) is 2.97. The summed E-state index contributed by atoms with van der Waals surface area (Å²) >= 11 is 0. The molecule has 1 saturated heterocycles. The number of carbonyl (C=O) groups is 1. The smallest absolute Gasteiger partial charge is 0.226 e. The predicted molar refractivity (Wildman–Crippen MR) is 96.4 cm³/mol. The van der Waals surface area contributed by atoms with Crippen LogP contribution in [0.4, 0.5) is 0 Å². The predicted octanol–water partition coefficient (Wildman–Crippen LogP) is 2.79. The van der Waals surface area contributed by atoms with Crippen LogP contribution in [0.15, 0.2) is 34.9 Å². The van der Waals surface area contributed by atoms with Crippen molar-refractivity contribution in [2.45, 2.75) is 39.4 Å². The number of rotatable bonds is 8.